The lowest BCUT2D eigenvalue weighted by atomic mass is 9.41. The minimum absolute atomic E-state index is 0.290. The van der Waals surface area contributed by atoms with E-state index in [0.717, 1.165) is 11.8 Å². The molecule has 9 atom stereocenters. The summed E-state index contributed by atoms with van der Waals surface area (Å²) >= 11 is 0. The highest BCUT2D eigenvalue weighted by Gasteiger charge is 2.63. The first-order chi connectivity index (χ1) is 10.4. The van der Waals surface area contributed by atoms with Gasteiger partial charge in [-0.3, -0.25) is 0 Å². The van der Waals surface area contributed by atoms with Gasteiger partial charge in [-0.2, -0.15) is 0 Å². The maximum atomic E-state index is 15.6. The number of fused-ring (bicyclic) bond motifs is 5. The monoisotopic (exact) mass is 306 g/mol. The molecule has 0 saturated heterocycles. The van der Waals surface area contributed by atoms with Gasteiger partial charge in [0.15, 0.2) is 0 Å². The van der Waals surface area contributed by atoms with Crippen LogP contribution in [-0.2, 0) is 0 Å². The van der Waals surface area contributed by atoms with Crippen molar-refractivity contribution in [2.24, 2.45) is 46.3 Å². The summed E-state index contributed by atoms with van der Waals surface area (Å²) in [5.74, 6) is 3.51. The number of halogens is 1. The van der Waals surface area contributed by atoms with Crippen molar-refractivity contribution in [1.29, 1.82) is 0 Å². The van der Waals surface area contributed by atoms with Crippen molar-refractivity contribution in [3.63, 3.8) is 0 Å². The molecule has 0 aromatic heterocycles. The van der Waals surface area contributed by atoms with Crippen molar-refractivity contribution >= 4 is 0 Å². The van der Waals surface area contributed by atoms with Crippen LogP contribution in [0.4, 0.5) is 4.39 Å². The Hall–Kier alpha value is -0.0700. The summed E-state index contributed by atoms with van der Waals surface area (Å²) < 4.78 is 15.6. The Morgan fingerprint density at radius 2 is 1.59 bits per heavy atom. The minimum Gasteiger partial charge on any atom is -0.247 e. The first-order valence-corrected chi connectivity index (χ1v) is 10.0. The Labute approximate surface area is 136 Å². The minimum atomic E-state index is -0.551. The molecule has 4 saturated carbocycles. The fourth-order valence-corrected chi connectivity index (χ4v) is 8.14. The van der Waals surface area contributed by atoms with Crippen LogP contribution in [0.5, 0.6) is 0 Å². The van der Waals surface area contributed by atoms with Crippen molar-refractivity contribution in [2.75, 3.05) is 0 Å². The van der Waals surface area contributed by atoms with Crippen molar-refractivity contribution in [3.05, 3.63) is 0 Å². The Kier molecular flexibility index (Phi) is 3.49. The van der Waals surface area contributed by atoms with Gasteiger partial charge in [-0.05, 0) is 78.4 Å². The van der Waals surface area contributed by atoms with Gasteiger partial charge in [0.25, 0.3) is 0 Å². The van der Waals surface area contributed by atoms with Crippen molar-refractivity contribution < 1.29 is 4.39 Å². The summed E-state index contributed by atoms with van der Waals surface area (Å²) in [7, 11) is 0. The van der Waals surface area contributed by atoms with Gasteiger partial charge in [0, 0.05) is 0 Å². The Morgan fingerprint density at radius 3 is 2.36 bits per heavy atom. The molecule has 4 fully saturated rings. The highest BCUT2D eigenvalue weighted by Crippen LogP contribution is 2.68. The third-order valence-corrected chi connectivity index (χ3v) is 9.16. The number of alkyl halides is 1. The topological polar surface area (TPSA) is 0 Å². The lowest BCUT2D eigenvalue weighted by Gasteiger charge is -2.64. The van der Waals surface area contributed by atoms with Gasteiger partial charge in [-0.1, -0.05) is 47.0 Å². The predicted octanol–water partition coefficient (Wildman–Crippen LogP) is 6.25. The zero-order chi connectivity index (χ0) is 15.7. The van der Waals surface area contributed by atoms with E-state index < -0.39 is 6.17 Å². The number of rotatable bonds is 0. The fraction of sp³-hybridized carbons (Fsp3) is 1.00. The number of hydrogen-bond acceptors (Lipinski definition) is 0. The molecule has 22 heavy (non-hydrogen) atoms. The van der Waals surface area contributed by atoms with Gasteiger partial charge in [-0.15, -0.1) is 0 Å². The predicted molar refractivity (Wildman–Crippen MR) is 90.3 cm³/mol. The Bertz CT molecular complexity index is 445. The molecule has 1 heteroatoms. The highest BCUT2D eigenvalue weighted by atomic mass is 19.1. The molecule has 4 aliphatic rings. The van der Waals surface area contributed by atoms with Crippen molar-refractivity contribution in [2.45, 2.75) is 85.2 Å². The molecule has 4 rings (SSSR count). The first-order valence-electron chi connectivity index (χ1n) is 10.0. The van der Waals surface area contributed by atoms with E-state index in [-0.39, 0.29) is 5.41 Å². The zero-order valence-corrected chi connectivity index (χ0v) is 15.1. The third kappa shape index (κ3) is 1.86. The summed E-state index contributed by atoms with van der Waals surface area (Å²) in [5.41, 5.74) is 0.830. The standard InChI is InChI=1S/C21H35F/c1-13-7-5-11-21(4)16-9-12-20(3)10-6-8-15(20)17(16)14(2)19(22)18(13)21/h13-19H,5-12H2,1-4H3/t13?,14-,15+,16+,17+,18-,19-,20+,21-/m1/s1. The van der Waals surface area contributed by atoms with E-state index in [0.29, 0.717) is 29.1 Å². The molecule has 1 unspecified atom stereocenters. The molecule has 0 aromatic rings. The van der Waals surface area contributed by atoms with E-state index in [2.05, 4.69) is 27.7 Å². The first kappa shape index (κ1) is 15.5. The smallest absolute Gasteiger partial charge is 0.107 e. The van der Waals surface area contributed by atoms with Gasteiger partial charge < -0.3 is 0 Å². The molecule has 126 valence electrons. The molecule has 0 N–H and O–H groups in total. The molecule has 0 amide bonds. The van der Waals surface area contributed by atoms with Crippen LogP contribution in [-0.4, -0.2) is 6.17 Å². The van der Waals surface area contributed by atoms with E-state index in [4.69, 9.17) is 0 Å². The van der Waals surface area contributed by atoms with Crippen LogP contribution in [0.1, 0.15) is 79.1 Å². The summed E-state index contributed by atoms with van der Waals surface area (Å²) in [4.78, 5) is 0. The maximum Gasteiger partial charge on any atom is 0.107 e. The van der Waals surface area contributed by atoms with Gasteiger partial charge in [-0.25, -0.2) is 4.39 Å². The SMILES string of the molecule is CC1CCC[C@@]2(C)[C@H]1[C@H](F)[C@H](C)[C@H]1[C@@H]3CCC[C@@]3(C)CC[C@@H]12. The Balaban J connectivity index is 1.74. The molecular formula is C21H35F. The second kappa shape index (κ2) is 4.96. The molecule has 0 nitrogen and oxygen atoms in total. The summed E-state index contributed by atoms with van der Waals surface area (Å²) in [6, 6.07) is 0. The molecular weight excluding hydrogens is 271 g/mol. The van der Waals surface area contributed by atoms with Gasteiger partial charge in [0.1, 0.15) is 6.17 Å². The fourth-order valence-electron chi connectivity index (χ4n) is 8.14. The van der Waals surface area contributed by atoms with Crippen LogP contribution in [0.15, 0.2) is 0 Å². The van der Waals surface area contributed by atoms with Crippen LogP contribution in [0.25, 0.3) is 0 Å². The largest absolute Gasteiger partial charge is 0.247 e. The van der Waals surface area contributed by atoms with Crippen molar-refractivity contribution in [3.8, 4) is 0 Å². The van der Waals surface area contributed by atoms with E-state index >= 15 is 4.39 Å². The molecule has 0 bridgehead atoms. The maximum absolute atomic E-state index is 15.6. The van der Waals surface area contributed by atoms with E-state index in [1.807, 2.05) is 0 Å². The average molecular weight is 307 g/mol. The summed E-state index contributed by atoms with van der Waals surface area (Å²) in [6.45, 7) is 9.62. The van der Waals surface area contributed by atoms with Crippen LogP contribution in [0.3, 0.4) is 0 Å². The quantitative estimate of drug-likeness (QED) is 0.496. The average Bonchev–Trinajstić information content (AvgIpc) is 2.85. The summed E-state index contributed by atoms with van der Waals surface area (Å²) in [5, 5.41) is 0. The molecule has 0 aromatic carbocycles. The van der Waals surface area contributed by atoms with E-state index in [1.165, 1.54) is 51.4 Å². The van der Waals surface area contributed by atoms with Crippen LogP contribution in [0, 0.1) is 46.3 Å². The van der Waals surface area contributed by atoms with Crippen molar-refractivity contribution in [1.82, 2.24) is 0 Å². The normalized spacial score (nSPS) is 61.2. The van der Waals surface area contributed by atoms with Gasteiger partial charge in [0.2, 0.25) is 0 Å². The lowest BCUT2D eigenvalue weighted by molar-refractivity contribution is -0.176. The summed E-state index contributed by atoms with van der Waals surface area (Å²) in [6.07, 6.45) is 10.3. The highest BCUT2D eigenvalue weighted by molar-refractivity contribution is 5.11. The molecule has 0 heterocycles. The second-order valence-electron chi connectivity index (χ2n) is 10.1. The van der Waals surface area contributed by atoms with Gasteiger partial charge in [0.05, 0.1) is 0 Å². The third-order valence-electron chi connectivity index (χ3n) is 9.16. The molecule has 0 spiro atoms. The van der Waals surface area contributed by atoms with Gasteiger partial charge >= 0.3 is 0 Å². The van der Waals surface area contributed by atoms with Crippen LogP contribution >= 0.6 is 0 Å². The van der Waals surface area contributed by atoms with E-state index in [9.17, 15) is 0 Å². The molecule has 4 aliphatic carbocycles. The van der Waals surface area contributed by atoms with Crippen LogP contribution < -0.4 is 0 Å². The zero-order valence-electron chi connectivity index (χ0n) is 15.1. The number of hydrogen-bond donors (Lipinski definition) is 0. The molecule has 0 aliphatic heterocycles. The Morgan fingerprint density at radius 1 is 0.864 bits per heavy atom. The molecule has 0 radical (unpaired) electrons. The van der Waals surface area contributed by atoms with E-state index in [1.54, 1.807) is 0 Å². The lowest BCUT2D eigenvalue weighted by Crippen LogP contribution is -2.60. The van der Waals surface area contributed by atoms with Crippen LogP contribution in [0.2, 0.25) is 0 Å². The second-order valence-corrected chi connectivity index (χ2v) is 10.1.